The number of nitrogens with zero attached hydrogens (tertiary/aromatic N) is 4. The van der Waals surface area contributed by atoms with E-state index in [-0.39, 0.29) is 10.8 Å². The molecule has 2 rings (SSSR count). The number of nitrogens with two attached hydrogens (primary N) is 1. The summed E-state index contributed by atoms with van der Waals surface area (Å²) in [5.74, 6) is -0.820. The molecule has 14 heteroatoms. The van der Waals surface area contributed by atoms with Crippen molar-refractivity contribution >= 4 is 48.1 Å². The summed E-state index contributed by atoms with van der Waals surface area (Å²) in [6, 6.07) is 1.68. The Kier molecular flexibility index (Phi) is 8.99. The van der Waals surface area contributed by atoms with Crippen LogP contribution in [-0.2, 0) is 20.2 Å². The van der Waals surface area contributed by atoms with Crippen molar-refractivity contribution in [1.29, 1.82) is 0 Å². The van der Waals surface area contributed by atoms with Crippen LogP contribution in [0.1, 0.15) is 27.7 Å². The van der Waals surface area contributed by atoms with Gasteiger partial charge in [0.25, 0.3) is 20.2 Å². The lowest BCUT2D eigenvalue weighted by Gasteiger charge is -2.14. The van der Waals surface area contributed by atoms with E-state index in [1.54, 1.807) is 64.2 Å². The molecule has 0 aliphatic heterocycles. The highest BCUT2D eigenvalue weighted by Crippen LogP contribution is 2.48. The molecule has 36 heavy (non-hydrogen) atoms. The van der Waals surface area contributed by atoms with Crippen molar-refractivity contribution in [3.05, 3.63) is 60.0 Å². The molecule has 5 N–H and O–H groups in total. The Morgan fingerprint density at radius 2 is 1.25 bits per heavy atom. The normalized spacial score (nSPS) is 14.4. The van der Waals surface area contributed by atoms with Crippen molar-refractivity contribution < 1.29 is 31.0 Å². The summed E-state index contributed by atoms with van der Waals surface area (Å²) < 4.78 is 67.7. The number of benzene rings is 2. The second kappa shape index (κ2) is 11.3. The van der Waals surface area contributed by atoms with E-state index in [0.717, 1.165) is 12.1 Å². The number of hydrogen-bond acceptors (Lipinski definition) is 10. The topological polar surface area (TPSA) is 204 Å². The largest absolute Gasteiger partial charge is 0.505 e. The summed E-state index contributed by atoms with van der Waals surface area (Å²) in [5.41, 5.74) is 5.23. The number of hydrogen-bond donors (Lipinski definition) is 4. The molecule has 0 saturated heterocycles. The van der Waals surface area contributed by atoms with Crippen molar-refractivity contribution in [2.45, 2.75) is 37.5 Å². The van der Waals surface area contributed by atoms with Crippen molar-refractivity contribution in [2.24, 2.45) is 20.5 Å². The zero-order valence-electron chi connectivity index (χ0n) is 19.8. The van der Waals surface area contributed by atoms with Crippen LogP contribution in [0.25, 0.3) is 10.8 Å². The van der Waals surface area contributed by atoms with Crippen LogP contribution in [-0.4, -0.2) is 31.0 Å². The number of phenolic OH excluding ortho intramolecular Hbond substituents is 1. The van der Waals surface area contributed by atoms with Gasteiger partial charge in [0.1, 0.15) is 21.2 Å². The van der Waals surface area contributed by atoms with E-state index in [1.807, 2.05) is 0 Å². The predicted octanol–water partition coefficient (Wildman–Crippen LogP) is 5.75. The van der Waals surface area contributed by atoms with E-state index in [9.17, 15) is 31.0 Å². The monoisotopic (exact) mass is 535 g/mol. The molecule has 0 atom stereocenters. The van der Waals surface area contributed by atoms with Gasteiger partial charge in [0.15, 0.2) is 5.75 Å². The fraction of sp³-hybridized carbons (Fsp3) is 0.182. The highest BCUT2D eigenvalue weighted by molar-refractivity contribution is 7.86. The third kappa shape index (κ3) is 6.69. The number of phenols is 1. The van der Waals surface area contributed by atoms with Gasteiger partial charge in [0.2, 0.25) is 0 Å². The quantitative estimate of drug-likeness (QED) is 0.141. The molecule has 0 aromatic heterocycles. The van der Waals surface area contributed by atoms with E-state index in [1.165, 1.54) is 0 Å². The molecule has 0 bridgehead atoms. The van der Waals surface area contributed by atoms with Crippen LogP contribution < -0.4 is 5.73 Å². The minimum Gasteiger partial charge on any atom is -0.505 e. The fourth-order valence-corrected chi connectivity index (χ4v) is 4.23. The lowest BCUT2D eigenvalue weighted by molar-refractivity contribution is 0.472. The second-order valence-corrected chi connectivity index (χ2v) is 10.1. The van der Waals surface area contributed by atoms with Crippen molar-refractivity contribution in [3.8, 4) is 5.75 Å². The summed E-state index contributed by atoms with van der Waals surface area (Å²) in [6.45, 7) is 6.67. The predicted molar refractivity (Wildman–Crippen MR) is 136 cm³/mol. The van der Waals surface area contributed by atoms with Crippen LogP contribution in [0.5, 0.6) is 5.75 Å². The molecule has 0 aliphatic rings. The van der Waals surface area contributed by atoms with Crippen molar-refractivity contribution in [1.82, 2.24) is 0 Å². The van der Waals surface area contributed by atoms with Crippen LogP contribution in [0.4, 0.5) is 17.1 Å². The van der Waals surface area contributed by atoms with E-state index >= 15 is 0 Å². The number of allylic oxidation sites excluding steroid dienone is 8. The zero-order chi connectivity index (χ0) is 27.3. The fourth-order valence-electron chi connectivity index (χ4n) is 2.90. The van der Waals surface area contributed by atoms with Gasteiger partial charge in [-0.05, 0) is 57.4 Å². The first-order valence-electron chi connectivity index (χ1n) is 10.2. The molecule has 2 aromatic carbocycles. The maximum Gasteiger partial charge on any atom is 0.296 e. The van der Waals surface area contributed by atoms with Gasteiger partial charge in [0, 0.05) is 0 Å². The summed E-state index contributed by atoms with van der Waals surface area (Å²) >= 11 is 0. The molecule has 0 fully saturated rings. The van der Waals surface area contributed by atoms with Crippen LogP contribution >= 0.6 is 0 Å². The number of fused-ring (bicyclic) bond motifs is 1. The molecule has 0 radical (unpaired) electrons. The molecule has 0 amide bonds. The Bertz CT molecular complexity index is 1470. The first-order chi connectivity index (χ1) is 16.7. The molecule has 12 nitrogen and oxygen atoms in total. The number of azo groups is 2. The first kappa shape index (κ1) is 28.5. The maximum absolute atomic E-state index is 12.1. The highest BCUT2D eigenvalue weighted by atomic mass is 32.2. The third-order valence-corrected chi connectivity index (χ3v) is 6.28. The molecule has 0 spiro atoms. The summed E-state index contributed by atoms with van der Waals surface area (Å²) in [7, 11) is -9.90. The minimum atomic E-state index is -4.97. The van der Waals surface area contributed by atoms with E-state index in [0.29, 0.717) is 11.4 Å². The maximum atomic E-state index is 12.1. The summed E-state index contributed by atoms with van der Waals surface area (Å²) in [5, 5.41) is 25.7. The van der Waals surface area contributed by atoms with Crippen molar-refractivity contribution in [3.63, 3.8) is 0 Å². The molecule has 0 saturated carbocycles. The Morgan fingerprint density at radius 3 is 1.67 bits per heavy atom. The average Bonchev–Trinajstić information content (AvgIpc) is 2.78. The standard InChI is InChI=1S/C22H25N5O7S2/c1-5-7-9-13(3)24-26-20-16(35(29,30)31)11-15-12-17(36(32,33)34)21(22(28)18(15)19(20)23)27-25-14(4)10-8-6-2/h5-12,28H,23H2,1-4H3,(H,29,30,31)(H,32,33,34)/b7-5-,8-6-,13-9+,14-10+,26-24?,27-25?. The van der Waals surface area contributed by atoms with E-state index in [4.69, 9.17) is 5.73 Å². The first-order valence-corrected chi connectivity index (χ1v) is 13.1. The van der Waals surface area contributed by atoms with Crippen LogP contribution in [0.3, 0.4) is 0 Å². The average molecular weight is 536 g/mol. The molecule has 2 aromatic rings. The molecule has 192 valence electrons. The number of nitrogen functional groups attached to an aromatic ring is 1. The van der Waals surface area contributed by atoms with Gasteiger partial charge in [-0.15, -0.1) is 10.2 Å². The van der Waals surface area contributed by atoms with Gasteiger partial charge in [0.05, 0.1) is 22.5 Å². The SMILES string of the molecule is C/C=C\C=C(/C)N=Nc1c(S(=O)(=O)O)cc2cc(S(=O)(=O)O)c(N=N/C(C)=C/C=C\C)c(O)c2c1N. The van der Waals surface area contributed by atoms with Crippen LogP contribution in [0.15, 0.2) is 90.2 Å². The molecule has 0 unspecified atom stereocenters. The van der Waals surface area contributed by atoms with Gasteiger partial charge in [-0.2, -0.15) is 27.1 Å². The number of anilines is 1. The Balaban J connectivity index is 3.01. The van der Waals surface area contributed by atoms with Gasteiger partial charge >= 0.3 is 0 Å². The van der Waals surface area contributed by atoms with E-state index in [2.05, 4.69) is 20.5 Å². The van der Waals surface area contributed by atoms with Crippen LogP contribution in [0.2, 0.25) is 0 Å². The van der Waals surface area contributed by atoms with Crippen LogP contribution in [0, 0.1) is 0 Å². The van der Waals surface area contributed by atoms with Crippen molar-refractivity contribution in [2.75, 3.05) is 5.73 Å². The van der Waals surface area contributed by atoms with Gasteiger partial charge in [-0.25, -0.2) is 0 Å². The molecule has 0 heterocycles. The summed E-state index contributed by atoms with van der Waals surface area (Å²) in [6.07, 6.45) is 9.89. The minimum absolute atomic E-state index is 0.245. The second-order valence-electron chi connectivity index (χ2n) is 7.32. The van der Waals surface area contributed by atoms with Gasteiger partial charge in [-0.3, -0.25) is 9.11 Å². The number of aromatic hydroxyl groups is 1. The molecular formula is C22H25N5O7S2. The van der Waals surface area contributed by atoms with Gasteiger partial charge in [-0.1, -0.05) is 24.3 Å². The zero-order valence-corrected chi connectivity index (χ0v) is 21.4. The number of rotatable bonds is 8. The lowest BCUT2D eigenvalue weighted by atomic mass is 10.1. The molecular weight excluding hydrogens is 510 g/mol. The van der Waals surface area contributed by atoms with E-state index < -0.39 is 52.8 Å². The Hall–Kier alpha value is -3.72. The highest BCUT2D eigenvalue weighted by Gasteiger charge is 2.27. The summed E-state index contributed by atoms with van der Waals surface area (Å²) in [4.78, 5) is -1.66. The van der Waals surface area contributed by atoms with Gasteiger partial charge < -0.3 is 10.8 Å². The lowest BCUT2D eigenvalue weighted by Crippen LogP contribution is -2.03. The third-order valence-electron chi connectivity index (χ3n) is 4.55. The Morgan fingerprint density at radius 1 is 0.833 bits per heavy atom. The smallest absolute Gasteiger partial charge is 0.296 e. The molecule has 0 aliphatic carbocycles. The Labute approximate surface area is 208 Å².